The van der Waals surface area contributed by atoms with Crippen LogP contribution >= 0.6 is 0 Å². The Hall–Kier alpha value is -4.04. The Balaban J connectivity index is 1.74. The first-order chi connectivity index (χ1) is 20.3. The van der Waals surface area contributed by atoms with Crippen LogP contribution in [0.3, 0.4) is 0 Å². The number of carbonyl (C=O) groups excluding carboxylic acids is 6. The van der Waals surface area contributed by atoms with Crippen molar-refractivity contribution < 1.29 is 39.0 Å². The number of hydrogen-bond donors (Lipinski definition) is 6. The van der Waals surface area contributed by atoms with Crippen molar-refractivity contribution in [2.45, 2.75) is 95.3 Å². The predicted molar refractivity (Wildman–Crippen MR) is 154 cm³/mol. The number of carbonyl (C=O) groups is 6. The van der Waals surface area contributed by atoms with Gasteiger partial charge in [-0.3, -0.25) is 28.8 Å². The van der Waals surface area contributed by atoms with Crippen LogP contribution in [0.25, 0.3) is 0 Å². The van der Waals surface area contributed by atoms with Gasteiger partial charge in [-0.05, 0) is 45.1 Å². The molecule has 3 rings (SSSR count). The summed E-state index contributed by atoms with van der Waals surface area (Å²) < 4.78 is 0. The number of rotatable bonds is 12. The Morgan fingerprint density at radius 1 is 0.860 bits per heavy atom. The van der Waals surface area contributed by atoms with Crippen LogP contribution in [-0.2, 0) is 35.2 Å². The zero-order chi connectivity index (χ0) is 31.8. The van der Waals surface area contributed by atoms with Crippen LogP contribution < -0.4 is 21.7 Å². The maximum atomic E-state index is 13.7. The van der Waals surface area contributed by atoms with Crippen molar-refractivity contribution in [1.29, 1.82) is 0 Å². The molecule has 0 aromatic heterocycles. The van der Waals surface area contributed by atoms with Crippen LogP contribution in [0.1, 0.15) is 52.0 Å². The van der Waals surface area contributed by atoms with Crippen LogP contribution in [-0.4, -0.2) is 111 Å². The molecule has 14 heteroatoms. The van der Waals surface area contributed by atoms with Gasteiger partial charge in [0.25, 0.3) is 0 Å². The van der Waals surface area contributed by atoms with E-state index in [1.165, 1.54) is 30.6 Å². The van der Waals surface area contributed by atoms with E-state index < -0.39 is 77.9 Å². The lowest BCUT2D eigenvalue weighted by atomic mass is 10.0. The normalized spacial score (nSPS) is 21.7. The third-order valence-electron chi connectivity index (χ3n) is 7.77. The molecule has 1 aromatic carbocycles. The number of nitrogens with two attached hydrogens (primary N) is 1. The molecule has 6 amide bonds. The fourth-order valence-corrected chi connectivity index (χ4v) is 5.59. The first-order valence-corrected chi connectivity index (χ1v) is 14.5. The van der Waals surface area contributed by atoms with E-state index >= 15 is 0 Å². The van der Waals surface area contributed by atoms with Crippen molar-refractivity contribution >= 4 is 35.4 Å². The molecule has 7 N–H and O–H groups in total. The summed E-state index contributed by atoms with van der Waals surface area (Å²) in [6.45, 7) is 4.38. The first kappa shape index (κ1) is 33.5. The topological polar surface area (TPSA) is 211 Å². The van der Waals surface area contributed by atoms with E-state index in [1.54, 1.807) is 24.3 Å². The minimum Gasteiger partial charge on any atom is -0.391 e. The van der Waals surface area contributed by atoms with Gasteiger partial charge in [0.2, 0.25) is 35.4 Å². The van der Waals surface area contributed by atoms with Gasteiger partial charge in [0.15, 0.2) is 0 Å². The molecule has 0 spiro atoms. The Labute approximate surface area is 250 Å². The molecule has 43 heavy (non-hydrogen) atoms. The lowest BCUT2D eigenvalue weighted by molar-refractivity contribution is -0.149. The maximum Gasteiger partial charge on any atom is 0.248 e. The van der Waals surface area contributed by atoms with Gasteiger partial charge < -0.3 is 41.7 Å². The van der Waals surface area contributed by atoms with Gasteiger partial charge in [-0.1, -0.05) is 30.3 Å². The predicted octanol–water partition coefficient (Wildman–Crippen LogP) is -2.07. The number of primary amides is 1. The van der Waals surface area contributed by atoms with Crippen LogP contribution in [0, 0.1) is 0 Å². The van der Waals surface area contributed by atoms with E-state index in [0.29, 0.717) is 25.7 Å². The van der Waals surface area contributed by atoms with Gasteiger partial charge in [0.05, 0.1) is 12.2 Å². The summed E-state index contributed by atoms with van der Waals surface area (Å²) in [7, 11) is 0. The quantitative estimate of drug-likeness (QED) is 0.156. The third kappa shape index (κ3) is 8.51. The smallest absolute Gasteiger partial charge is 0.248 e. The van der Waals surface area contributed by atoms with E-state index in [4.69, 9.17) is 5.73 Å². The summed E-state index contributed by atoms with van der Waals surface area (Å²) in [5.41, 5.74) is 6.07. The van der Waals surface area contributed by atoms with Gasteiger partial charge >= 0.3 is 0 Å². The van der Waals surface area contributed by atoms with Crippen molar-refractivity contribution in [3.8, 4) is 0 Å². The number of aliphatic hydroxyl groups is 2. The number of hydrogen-bond acceptors (Lipinski definition) is 8. The monoisotopic (exact) mass is 602 g/mol. The highest BCUT2D eigenvalue weighted by molar-refractivity contribution is 5.97. The fourth-order valence-electron chi connectivity index (χ4n) is 5.59. The van der Waals surface area contributed by atoms with Gasteiger partial charge in [0, 0.05) is 26.4 Å². The van der Waals surface area contributed by atoms with E-state index in [2.05, 4.69) is 16.0 Å². The maximum absolute atomic E-state index is 13.7. The van der Waals surface area contributed by atoms with Crippen LogP contribution in [0.5, 0.6) is 0 Å². The fraction of sp³-hybridized carbons (Fsp3) is 0.586. The molecule has 2 saturated heterocycles. The Bertz CT molecular complexity index is 1190. The summed E-state index contributed by atoms with van der Waals surface area (Å²) in [5.74, 6) is -3.79. The third-order valence-corrected chi connectivity index (χ3v) is 7.77. The molecule has 2 heterocycles. The number of aliphatic hydroxyl groups excluding tert-OH is 2. The highest BCUT2D eigenvalue weighted by atomic mass is 16.3. The average molecular weight is 603 g/mol. The summed E-state index contributed by atoms with van der Waals surface area (Å²) in [4.78, 5) is 79.8. The molecule has 14 nitrogen and oxygen atoms in total. The lowest BCUT2D eigenvalue weighted by Crippen LogP contribution is -2.61. The van der Waals surface area contributed by atoms with Crippen molar-refractivity contribution in [3.63, 3.8) is 0 Å². The first-order valence-electron chi connectivity index (χ1n) is 14.5. The second-order valence-electron chi connectivity index (χ2n) is 11.2. The van der Waals surface area contributed by atoms with Crippen LogP contribution in [0.15, 0.2) is 30.3 Å². The van der Waals surface area contributed by atoms with Gasteiger partial charge in [0.1, 0.15) is 30.2 Å². The standard InChI is InChI=1S/C29H42N6O8/c1-16(36)23(25(30)39)32-27(41)21-11-7-13-34(21)28(42)22-12-8-14-35(22)29(43)24(17(2)37)33-26(40)20(31-18(3)38)15-19-9-5-4-6-10-19/h4-6,9-10,16-17,20-24,36-37H,7-8,11-15H2,1-3H3,(H2,30,39)(H,31,38)(H,32,41)(H,33,40). The minimum atomic E-state index is -1.40. The summed E-state index contributed by atoms with van der Waals surface area (Å²) >= 11 is 0. The van der Waals surface area contributed by atoms with E-state index in [0.717, 1.165) is 5.56 Å². The number of nitrogens with zero attached hydrogens (tertiary/aromatic N) is 2. The minimum absolute atomic E-state index is 0.155. The molecule has 236 valence electrons. The Morgan fingerprint density at radius 2 is 1.44 bits per heavy atom. The molecule has 2 aliphatic heterocycles. The van der Waals surface area contributed by atoms with Crippen molar-refractivity contribution in [3.05, 3.63) is 35.9 Å². The van der Waals surface area contributed by atoms with Crippen molar-refractivity contribution in [1.82, 2.24) is 25.8 Å². The number of benzene rings is 1. The highest BCUT2D eigenvalue weighted by Gasteiger charge is 2.45. The van der Waals surface area contributed by atoms with E-state index in [-0.39, 0.29) is 19.5 Å². The van der Waals surface area contributed by atoms with E-state index in [1.807, 2.05) is 6.07 Å². The zero-order valence-electron chi connectivity index (χ0n) is 24.7. The molecule has 7 atom stereocenters. The van der Waals surface area contributed by atoms with Gasteiger partial charge in [-0.25, -0.2) is 0 Å². The second-order valence-corrected chi connectivity index (χ2v) is 11.2. The SMILES string of the molecule is CC(=O)NC(Cc1ccccc1)C(=O)NC(C(=O)N1CCCC1C(=O)N1CCCC1C(=O)NC(C(N)=O)C(C)O)C(C)O. The Kier molecular flexibility index (Phi) is 11.6. The van der Waals surface area contributed by atoms with Gasteiger partial charge in [-0.2, -0.15) is 0 Å². The molecule has 2 fully saturated rings. The second kappa shape index (κ2) is 14.9. The van der Waals surface area contributed by atoms with Crippen LogP contribution in [0.2, 0.25) is 0 Å². The van der Waals surface area contributed by atoms with Crippen LogP contribution in [0.4, 0.5) is 0 Å². The molecule has 2 aliphatic rings. The zero-order valence-corrected chi connectivity index (χ0v) is 24.7. The lowest BCUT2D eigenvalue weighted by Gasteiger charge is -2.34. The largest absolute Gasteiger partial charge is 0.391 e. The molecule has 0 bridgehead atoms. The summed E-state index contributed by atoms with van der Waals surface area (Å²) in [5, 5.41) is 27.9. The molecular weight excluding hydrogens is 560 g/mol. The molecule has 0 radical (unpaired) electrons. The molecular formula is C29H42N6O8. The number of nitrogens with one attached hydrogen (secondary N) is 3. The van der Waals surface area contributed by atoms with Crippen molar-refractivity contribution in [2.24, 2.45) is 5.73 Å². The molecule has 0 aliphatic carbocycles. The summed E-state index contributed by atoms with van der Waals surface area (Å²) in [6, 6.07) is 3.41. The van der Waals surface area contributed by atoms with E-state index in [9.17, 15) is 39.0 Å². The average Bonchev–Trinajstić information content (AvgIpc) is 3.64. The highest BCUT2D eigenvalue weighted by Crippen LogP contribution is 2.26. The molecule has 0 saturated carbocycles. The van der Waals surface area contributed by atoms with Gasteiger partial charge in [-0.15, -0.1) is 0 Å². The Morgan fingerprint density at radius 3 is 2.00 bits per heavy atom. The summed E-state index contributed by atoms with van der Waals surface area (Å²) in [6.07, 6.45) is -0.764. The van der Waals surface area contributed by atoms with Crippen molar-refractivity contribution in [2.75, 3.05) is 13.1 Å². The molecule has 1 aromatic rings. The number of likely N-dealkylation sites (tertiary alicyclic amines) is 2. The number of amides is 6. The molecule has 7 unspecified atom stereocenters.